The third-order valence-electron chi connectivity index (χ3n) is 5.59. The van der Waals surface area contributed by atoms with E-state index in [-0.39, 0.29) is 11.9 Å². The Bertz CT molecular complexity index is 1210. The molecule has 1 aromatic carbocycles. The van der Waals surface area contributed by atoms with Gasteiger partial charge in [-0.2, -0.15) is 0 Å². The standard InChI is InChI=1S/C24H25ClN4OS.C2H5NO/c1-14-20(9-4-17-10-12-30-13-11-17)31-24-21(14)22(18-5-7-19(25)8-6-18)28-15(2)23(27)29(24)16(3)26;1-2(3)4/h5-8,15,17,26-27H,10-13H2,1-3H3;1H3,(H2,3,4)/t15-;/m0./s1. The summed E-state index contributed by atoms with van der Waals surface area (Å²) in [5.41, 5.74) is 8.23. The fourth-order valence-corrected chi connectivity index (χ4v) is 5.20. The molecule has 4 N–H and O–H groups in total. The first-order chi connectivity index (χ1) is 16.6. The van der Waals surface area contributed by atoms with Crippen molar-refractivity contribution in [3.63, 3.8) is 0 Å². The Kier molecular flexibility index (Phi) is 8.84. The van der Waals surface area contributed by atoms with Crippen LogP contribution in [0.4, 0.5) is 5.00 Å². The average Bonchev–Trinajstić information content (AvgIpc) is 3.06. The van der Waals surface area contributed by atoms with Crippen molar-refractivity contribution in [2.24, 2.45) is 16.6 Å². The number of carbonyl (C=O) groups is 1. The lowest BCUT2D eigenvalue weighted by molar-refractivity contribution is -0.115. The van der Waals surface area contributed by atoms with Gasteiger partial charge in [-0.3, -0.25) is 25.5 Å². The zero-order valence-electron chi connectivity index (χ0n) is 20.4. The maximum atomic E-state index is 9.22. The number of nitrogens with zero attached hydrogens (tertiary/aromatic N) is 2. The van der Waals surface area contributed by atoms with Crippen LogP contribution in [0.5, 0.6) is 0 Å². The van der Waals surface area contributed by atoms with Crippen molar-refractivity contribution in [2.45, 2.75) is 46.6 Å². The Labute approximate surface area is 215 Å². The van der Waals surface area contributed by atoms with Crippen LogP contribution in [0.25, 0.3) is 0 Å². The molecule has 0 radical (unpaired) electrons. The van der Waals surface area contributed by atoms with E-state index in [2.05, 4.69) is 24.5 Å². The minimum atomic E-state index is -0.373. The van der Waals surface area contributed by atoms with E-state index in [1.807, 2.05) is 31.2 Å². The quantitative estimate of drug-likeness (QED) is 0.284. The largest absolute Gasteiger partial charge is 0.381 e. The molecule has 1 aromatic heterocycles. The minimum Gasteiger partial charge on any atom is -0.381 e. The Hall–Kier alpha value is -2.99. The van der Waals surface area contributed by atoms with Gasteiger partial charge in [-0.1, -0.05) is 35.6 Å². The van der Waals surface area contributed by atoms with Crippen molar-refractivity contribution >= 4 is 51.2 Å². The first-order valence-corrected chi connectivity index (χ1v) is 12.6. The summed E-state index contributed by atoms with van der Waals surface area (Å²) in [7, 11) is 0. The molecule has 0 unspecified atom stereocenters. The molecule has 0 aliphatic carbocycles. The first-order valence-electron chi connectivity index (χ1n) is 11.4. The summed E-state index contributed by atoms with van der Waals surface area (Å²) in [6.45, 7) is 8.50. The van der Waals surface area contributed by atoms with E-state index in [0.29, 0.717) is 22.6 Å². The predicted molar refractivity (Wildman–Crippen MR) is 145 cm³/mol. The SMILES string of the molecule is CC(=N)N1C(=N)[C@H](C)N=C(c2ccc(Cl)cc2)c2c1sc(C#CC1CCOCC1)c2C.CC(N)=O. The third kappa shape index (κ3) is 6.37. The van der Waals surface area contributed by atoms with Crippen LogP contribution in [0.3, 0.4) is 0 Å². The highest BCUT2D eigenvalue weighted by Gasteiger charge is 2.32. The number of amides is 1. The number of carbonyl (C=O) groups excluding carboxylic acids is 1. The zero-order valence-corrected chi connectivity index (χ0v) is 21.9. The fraction of sp³-hybridized carbons (Fsp3) is 0.385. The molecule has 35 heavy (non-hydrogen) atoms. The van der Waals surface area contributed by atoms with Crippen LogP contribution in [0, 0.1) is 35.5 Å². The third-order valence-corrected chi connectivity index (χ3v) is 7.04. The second kappa shape index (κ2) is 11.6. The molecular formula is C26H30ClN5O2S. The summed E-state index contributed by atoms with van der Waals surface area (Å²) >= 11 is 7.65. The van der Waals surface area contributed by atoms with Crippen LogP contribution in [0.1, 0.15) is 55.2 Å². The summed E-state index contributed by atoms with van der Waals surface area (Å²) in [5, 5.41) is 18.6. The van der Waals surface area contributed by atoms with E-state index in [0.717, 1.165) is 58.3 Å². The van der Waals surface area contributed by atoms with Gasteiger partial charge in [0.1, 0.15) is 22.7 Å². The van der Waals surface area contributed by atoms with Crippen molar-refractivity contribution in [2.75, 3.05) is 18.1 Å². The van der Waals surface area contributed by atoms with Crippen molar-refractivity contribution in [1.82, 2.24) is 0 Å². The Morgan fingerprint density at radius 2 is 1.86 bits per heavy atom. The van der Waals surface area contributed by atoms with Crippen molar-refractivity contribution in [3.05, 3.63) is 50.9 Å². The molecule has 1 saturated heterocycles. The summed E-state index contributed by atoms with van der Waals surface area (Å²) < 4.78 is 5.45. The number of ether oxygens (including phenoxy) is 1. The molecule has 0 saturated carbocycles. The number of thiophene rings is 1. The lowest BCUT2D eigenvalue weighted by Gasteiger charge is -2.23. The van der Waals surface area contributed by atoms with Crippen LogP contribution in [-0.4, -0.2) is 42.5 Å². The van der Waals surface area contributed by atoms with Crippen LogP contribution in [0.15, 0.2) is 29.3 Å². The van der Waals surface area contributed by atoms with E-state index in [9.17, 15) is 4.79 Å². The number of benzene rings is 1. The lowest BCUT2D eigenvalue weighted by atomic mass is 9.98. The number of nitrogens with one attached hydrogen (secondary N) is 2. The molecular weight excluding hydrogens is 482 g/mol. The Morgan fingerprint density at radius 1 is 1.26 bits per heavy atom. The van der Waals surface area contributed by atoms with E-state index < -0.39 is 0 Å². The summed E-state index contributed by atoms with van der Waals surface area (Å²) in [6, 6.07) is 7.25. The van der Waals surface area contributed by atoms with Gasteiger partial charge >= 0.3 is 0 Å². The summed E-state index contributed by atoms with van der Waals surface area (Å²) in [4.78, 5) is 16.8. The number of halogens is 1. The summed E-state index contributed by atoms with van der Waals surface area (Å²) in [5.74, 6) is 7.43. The van der Waals surface area contributed by atoms with E-state index in [4.69, 9.17) is 32.1 Å². The first kappa shape index (κ1) is 26.6. The Morgan fingerprint density at radius 3 is 2.43 bits per heavy atom. The lowest BCUT2D eigenvalue weighted by Crippen LogP contribution is -2.38. The minimum absolute atomic E-state index is 0.294. The van der Waals surface area contributed by atoms with Crippen molar-refractivity contribution in [3.8, 4) is 11.8 Å². The second-order valence-electron chi connectivity index (χ2n) is 8.47. The van der Waals surface area contributed by atoms with Gasteiger partial charge in [-0.25, -0.2) is 0 Å². The van der Waals surface area contributed by atoms with Gasteiger partial charge in [0.2, 0.25) is 5.91 Å². The Balaban J connectivity index is 0.000000795. The molecule has 3 heterocycles. The molecule has 4 rings (SSSR count). The monoisotopic (exact) mass is 511 g/mol. The highest BCUT2D eigenvalue weighted by atomic mass is 35.5. The van der Waals surface area contributed by atoms with Gasteiger partial charge in [-0.15, -0.1) is 11.3 Å². The van der Waals surface area contributed by atoms with Gasteiger partial charge in [0.25, 0.3) is 0 Å². The molecule has 1 fully saturated rings. The number of primary amides is 1. The second-order valence-corrected chi connectivity index (χ2v) is 9.91. The number of fused-ring (bicyclic) bond motifs is 1. The zero-order chi connectivity index (χ0) is 25.7. The molecule has 2 aromatic rings. The number of nitrogens with two attached hydrogens (primary N) is 1. The number of anilines is 1. The van der Waals surface area contributed by atoms with Crippen LogP contribution in [0.2, 0.25) is 5.02 Å². The topological polar surface area (TPSA) is 116 Å². The van der Waals surface area contributed by atoms with Crippen molar-refractivity contribution < 1.29 is 9.53 Å². The molecule has 0 bridgehead atoms. The molecule has 1 amide bonds. The van der Waals surface area contributed by atoms with Gasteiger partial charge in [0.05, 0.1) is 10.6 Å². The number of hydrogen-bond acceptors (Lipinski definition) is 6. The maximum Gasteiger partial charge on any atom is 0.214 e. The average molecular weight is 512 g/mol. The maximum absolute atomic E-state index is 9.22. The van der Waals surface area contributed by atoms with Crippen molar-refractivity contribution in [1.29, 1.82) is 10.8 Å². The van der Waals surface area contributed by atoms with Gasteiger partial charge in [-0.05, 0) is 51.3 Å². The molecule has 7 nitrogen and oxygen atoms in total. The molecule has 2 aliphatic heterocycles. The summed E-state index contributed by atoms with van der Waals surface area (Å²) in [6.07, 6.45) is 1.92. The van der Waals surface area contributed by atoms with Gasteiger partial charge < -0.3 is 10.5 Å². The smallest absolute Gasteiger partial charge is 0.214 e. The molecule has 9 heteroatoms. The predicted octanol–water partition coefficient (Wildman–Crippen LogP) is 5.00. The van der Waals surface area contributed by atoms with Crippen LogP contribution in [-0.2, 0) is 9.53 Å². The number of amidine groups is 2. The fourth-order valence-electron chi connectivity index (χ4n) is 3.84. The van der Waals surface area contributed by atoms with Crippen LogP contribution < -0.4 is 10.6 Å². The highest BCUT2D eigenvalue weighted by molar-refractivity contribution is 7.17. The van der Waals surface area contributed by atoms with Gasteiger partial charge in [0.15, 0.2) is 0 Å². The van der Waals surface area contributed by atoms with E-state index >= 15 is 0 Å². The number of aliphatic imine (C=N–C) groups is 1. The highest BCUT2D eigenvalue weighted by Crippen LogP contribution is 2.40. The molecule has 184 valence electrons. The number of hydrogen-bond donors (Lipinski definition) is 3. The number of rotatable bonds is 1. The van der Waals surface area contributed by atoms with Crippen LogP contribution >= 0.6 is 22.9 Å². The molecule has 2 aliphatic rings. The van der Waals surface area contributed by atoms with E-state index in [1.165, 1.54) is 6.92 Å². The normalized spacial score (nSPS) is 17.7. The molecule has 1 atom stereocenters. The van der Waals surface area contributed by atoms with E-state index in [1.54, 1.807) is 23.2 Å². The van der Waals surface area contributed by atoms with Gasteiger partial charge in [0, 0.05) is 42.2 Å². The molecule has 0 spiro atoms.